The number of nitrogens with one attached hydrogen (secondary N) is 4. The maximum Gasteiger partial charge on any atom is 0.221 e. The number of hydrogen-bond donors (Lipinski definition) is 8. The molecule has 0 saturated carbocycles. The van der Waals surface area contributed by atoms with E-state index in [1.165, 1.54) is 0 Å². The molecule has 0 aromatic carbocycles. The summed E-state index contributed by atoms with van der Waals surface area (Å²) >= 11 is 0. The van der Waals surface area contributed by atoms with Crippen LogP contribution in [0.15, 0.2) is 0 Å². The largest absolute Gasteiger partial charge is 0.395 e. The molecule has 0 rings (SSSR count). The van der Waals surface area contributed by atoms with E-state index in [1.54, 1.807) is 0 Å². The zero-order valence-electron chi connectivity index (χ0n) is 21.0. The zero-order valence-corrected chi connectivity index (χ0v) is 21.0. The predicted octanol–water partition coefficient (Wildman–Crippen LogP) is -4.42. The highest BCUT2D eigenvalue weighted by Gasteiger charge is 2.15. The van der Waals surface area contributed by atoms with Gasteiger partial charge in [0, 0.05) is 91.1 Å². The molecule has 36 heavy (non-hydrogen) atoms. The fraction of sp³-hybridized carbons (Fsp3) is 0.818. The van der Waals surface area contributed by atoms with E-state index in [9.17, 15) is 19.2 Å². The second kappa shape index (κ2) is 23.1. The third-order valence-electron chi connectivity index (χ3n) is 5.09. The minimum atomic E-state index is -0.225. The van der Waals surface area contributed by atoms with Crippen LogP contribution >= 0.6 is 0 Å². The molecule has 0 aliphatic heterocycles. The molecule has 8 N–H and O–H groups in total. The normalized spacial score (nSPS) is 10.9. The summed E-state index contributed by atoms with van der Waals surface area (Å²) in [6.07, 6.45) is 0.688. The molecule has 0 saturated heterocycles. The summed E-state index contributed by atoms with van der Waals surface area (Å²) in [5.74, 6) is -0.901. The summed E-state index contributed by atoms with van der Waals surface area (Å²) in [6.45, 7) is 2.41. The first-order valence-corrected chi connectivity index (χ1v) is 12.3. The van der Waals surface area contributed by atoms with Crippen LogP contribution in [0.1, 0.15) is 25.7 Å². The van der Waals surface area contributed by atoms with Crippen LogP contribution in [-0.4, -0.2) is 146 Å². The number of aliphatic hydroxyl groups excluding tert-OH is 4. The van der Waals surface area contributed by atoms with Gasteiger partial charge in [0.05, 0.1) is 26.4 Å². The van der Waals surface area contributed by atoms with E-state index >= 15 is 0 Å². The number of rotatable bonds is 23. The average Bonchev–Trinajstić information content (AvgIpc) is 2.88. The molecule has 0 aromatic rings. The number of carbonyl (C=O) groups is 4. The van der Waals surface area contributed by atoms with Crippen molar-refractivity contribution in [2.24, 2.45) is 0 Å². The van der Waals surface area contributed by atoms with Gasteiger partial charge in [-0.3, -0.25) is 19.2 Å². The third-order valence-corrected chi connectivity index (χ3v) is 5.09. The van der Waals surface area contributed by atoms with Gasteiger partial charge in [-0.1, -0.05) is 0 Å². The van der Waals surface area contributed by atoms with Crippen molar-refractivity contribution in [3.8, 4) is 0 Å². The van der Waals surface area contributed by atoms with E-state index in [0.29, 0.717) is 39.3 Å². The molecule has 0 radical (unpaired) electrons. The standard InChI is InChI=1S/C22H44N6O8/c29-15-5-23-19(33)1-9-27(10-2-20(34)24-6-16-30)13-14-28(11-3-21(35)25-7-17-31)12-4-22(36)26-8-18-32/h29-32H,1-18H2,(H,23,33)(H,24,34)(H,25,35)(H,26,36). The van der Waals surface area contributed by atoms with E-state index in [0.717, 1.165) is 0 Å². The van der Waals surface area contributed by atoms with Gasteiger partial charge in [-0.25, -0.2) is 0 Å². The summed E-state index contributed by atoms with van der Waals surface area (Å²) in [5, 5.41) is 45.8. The number of hydrogen-bond acceptors (Lipinski definition) is 10. The molecule has 0 aromatic heterocycles. The van der Waals surface area contributed by atoms with E-state index in [2.05, 4.69) is 21.3 Å². The minimum Gasteiger partial charge on any atom is -0.395 e. The van der Waals surface area contributed by atoms with Crippen LogP contribution < -0.4 is 21.3 Å². The second-order valence-electron chi connectivity index (χ2n) is 7.98. The van der Waals surface area contributed by atoms with Crippen LogP contribution in [0.25, 0.3) is 0 Å². The first-order chi connectivity index (χ1) is 17.4. The molecule has 0 fully saturated rings. The number of nitrogens with zero attached hydrogens (tertiary/aromatic N) is 2. The maximum atomic E-state index is 12.0. The van der Waals surface area contributed by atoms with Crippen molar-refractivity contribution in [2.75, 3.05) is 91.9 Å². The van der Waals surface area contributed by atoms with Crippen LogP contribution in [-0.2, 0) is 19.2 Å². The predicted molar refractivity (Wildman–Crippen MR) is 132 cm³/mol. The van der Waals surface area contributed by atoms with Gasteiger partial charge in [0.1, 0.15) is 0 Å². The molecule has 14 nitrogen and oxygen atoms in total. The Hall–Kier alpha value is -2.36. The molecule has 0 aliphatic carbocycles. The first kappa shape index (κ1) is 33.6. The Morgan fingerprint density at radius 1 is 0.417 bits per heavy atom. The fourth-order valence-electron chi connectivity index (χ4n) is 3.13. The minimum absolute atomic E-state index is 0.160. The van der Waals surface area contributed by atoms with Crippen LogP contribution in [0.3, 0.4) is 0 Å². The second-order valence-corrected chi connectivity index (χ2v) is 7.98. The van der Waals surface area contributed by atoms with Crippen molar-refractivity contribution in [3.63, 3.8) is 0 Å². The topological polar surface area (TPSA) is 204 Å². The van der Waals surface area contributed by atoms with E-state index in [-0.39, 0.29) is 102 Å². The van der Waals surface area contributed by atoms with E-state index in [1.807, 2.05) is 9.80 Å². The highest BCUT2D eigenvalue weighted by atomic mass is 16.3. The van der Waals surface area contributed by atoms with Gasteiger partial charge < -0.3 is 51.5 Å². The van der Waals surface area contributed by atoms with Gasteiger partial charge >= 0.3 is 0 Å². The van der Waals surface area contributed by atoms with Crippen LogP contribution in [0, 0.1) is 0 Å². The number of carbonyl (C=O) groups excluding carboxylic acids is 4. The summed E-state index contributed by atoms with van der Waals surface area (Å²) in [5.41, 5.74) is 0. The molecule has 14 heteroatoms. The number of aliphatic hydroxyl groups is 4. The smallest absolute Gasteiger partial charge is 0.221 e. The molecule has 0 aliphatic rings. The number of amides is 4. The molecule has 0 heterocycles. The first-order valence-electron chi connectivity index (χ1n) is 12.3. The van der Waals surface area contributed by atoms with Gasteiger partial charge in [0.25, 0.3) is 0 Å². The van der Waals surface area contributed by atoms with Gasteiger partial charge in [-0.05, 0) is 0 Å². The van der Waals surface area contributed by atoms with Gasteiger partial charge in [0.15, 0.2) is 0 Å². The Kier molecular flexibility index (Phi) is 21.6. The van der Waals surface area contributed by atoms with E-state index < -0.39 is 0 Å². The van der Waals surface area contributed by atoms with Crippen molar-refractivity contribution in [3.05, 3.63) is 0 Å². The SMILES string of the molecule is O=C(CCN(CCC(=O)NCCO)CCN(CCC(=O)NCCO)CCC(=O)NCCO)NCCO. The third kappa shape index (κ3) is 19.9. The van der Waals surface area contributed by atoms with Crippen LogP contribution in [0.4, 0.5) is 0 Å². The van der Waals surface area contributed by atoms with Gasteiger partial charge in [0.2, 0.25) is 23.6 Å². The van der Waals surface area contributed by atoms with Crippen LogP contribution in [0.5, 0.6) is 0 Å². The summed E-state index contributed by atoms with van der Waals surface area (Å²) < 4.78 is 0. The van der Waals surface area contributed by atoms with Crippen molar-refractivity contribution in [1.82, 2.24) is 31.1 Å². The highest BCUT2D eigenvalue weighted by molar-refractivity contribution is 5.77. The van der Waals surface area contributed by atoms with Gasteiger partial charge in [-0.15, -0.1) is 0 Å². The maximum absolute atomic E-state index is 12.0. The molecular weight excluding hydrogens is 476 g/mol. The Morgan fingerprint density at radius 2 is 0.639 bits per heavy atom. The van der Waals surface area contributed by atoms with Crippen molar-refractivity contribution in [1.29, 1.82) is 0 Å². The molecule has 0 bridgehead atoms. The fourth-order valence-corrected chi connectivity index (χ4v) is 3.13. The summed E-state index contributed by atoms with van der Waals surface area (Å²) in [6, 6.07) is 0. The molecule has 0 spiro atoms. The van der Waals surface area contributed by atoms with Crippen LogP contribution in [0.2, 0.25) is 0 Å². The lowest BCUT2D eigenvalue weighted by atomic mass is 10.2. The molecule has 0 unspecified atom stereocenters. The summed E-state index contributed by atoms with van der Waals surface area (Å²) in [7, 11) is 0. The van der Waals surface area contributed by atoms with E-state index in [4.69, 9.17) is 20.4 Å². The summed E-state index contributed by atoms with van der Waals surface area (Å²) in [4.78, 5) is 51.7. The zero-order chi connectivity index (χ0) is 27.0. The molecule has 4 amide bonds. The Morgan fingerprint density at radius 3 is 0.833 bits per heavy atom. The average molecular weight is 521 g/mol. The Labute approximate surface area is 212 Å². The van der Waals surface area contributed by atoms with Crippen molar-refractivity contribution >= 4 is 23.6 Å². The molecule has 210 valence electrons. The van der Waals surface area contributed by atoms with Gasteiger partial charge in [-0.2, -0.15) is 0 Å². The van der Waals surface area contributed by atoms with Crippen molar-refractivity contribution in [2.45, 2.75) is 25.7 Å². The van der Waals surface area contributed by atoms with Crippen molar-refractivity contribution < 1.29 is 39.6 Å². The highest BCUT2D eigenvalue weighted by Crippen LogP contribution is 2.01. The Balaban J connectivity index is 5.00. The quantitative estimate of drug-likeness (QED) is 0.0649. The lowest BCUT2D eigenvalue weighted by Crippen LogP contribution is -2.41. The monoisotopic (exact) mass is 520 g/mol. The lowest BCUT2D eigenvalue weighted by Gasteiger charge is -2.27. The molecule has 0 atom stereocenters. The molecular formula is C22H44N6O8. The Bertz CT molecular complexity index is 525. The lowest BCUT2D eigenvalue weighted by molar-refractivity contribution is -0.123.